The van der Waals surface area contributed by atoms with E-state index in [9.17, 15) is 22.4 Å². The Morgan fingerprint density at radius 1 is 1.20 bits per heavy atom. The summed E-state index contributed by atoms with van der Waals surface area (Å²) in [5.74, 6) is -2.75. The van der Waals surface area contributed by atoms with Gasteiger partial charge in [-0.3, -0.25) is 9.78 Å². The van der Waals surface area contributed by atoms with Crippen LogP contribution in [0.1, 0.15) is 40.7 Å². The van der Waals surface area contributed by atoms with Gasteiger partial charge in [0.05, 0.1) is 11.9 Å². The molecule has 0 unspecified atom stereocenters. The Bertz CT molecular complexity index is 1070. The first kappa shape index (κ1) is 19.9. The molecule has 3 aromatic rings. The van der Waals surface area contributed by atoms with Gasteiger partial charge in [-0.15, -0.1) is 0 Å². The van der Waals surface area contributed by atoms with Crippen molar-refractivity contribution in [1.82, 2.24) is 25.0 Å². The summed E-state index contributed by atoms with van der Waals surface area (Å²) in [5.41, 5.74) is 0.796. The van der Waals surface area contributed by atoms with E-state index in [1.165, 1.54) is 30.6 Å². The van der Waals surface area contributed by atoms with Gasteiger partial charge >= 0.3 is 12.1 Å². The van der Waals surface area contributed by atoms with E-state index in [-0.39, 0.29) is 28.9 Å². The molecule has 4 rings (SSSR count). The third-order valence-electron chi connectivity index (χ3n) is 4.75. The summed E-state index contributed by atoms with van der Waals surface area (Å²) < 4.78 is 55.7. The molecule has 1 saturated heterocycles. The number of alkyl halides is 3. The highest BCUT2D eigenvalue weighted by Crippen LogP contribution is 2.30. The van der Waals surface area contributed by atoms with Crippen LogP contribution in [0.25, 0.3) is 11.5 Å². The number of hydrogen-bond donors (Lipinski definition) is 0. The van der Waals surface area contributed by atoms with E-state index in [1.54, 1.807) is 11.0 Å². The van der Waals surface area contributed by atoms with Crippen LogP contribution in [0.15, 0.2) is 41.2 Å². The van der Waals surface area contributed by atoms with E-state index in [0.29, 0.717) is 31.6 Å². The second kappa shape index (κ2) is 7.81. The third kappa shape index (κ3) is 4.14. The topological polar surface area (TPSA) is 85.0 Å². The fourth-order valence-corrected chi connectivity index (χ4v) is 3.34. The van der Waals surface area contributed by atoms with Crippen LogP contribution in [0.4, 0.5) is 17.6 Å². The van der Waals surface area contributed by atoms with E-state index in [4.69, 9.17) is 0 Å². The predicted molar refractivity (Wildman–Crippen MR) is 94.6 cm³/mol. The number of amides is 1. The van der Waals surface area contributed by atoms with Gasteiger partial charge in [-0.2, -0.15) is 18.2 Å². The van der Waals surface area contributed by atoms with Gasteiger partial charge < -0.3 is 9.42 Å². The summed E-state index contributed by atoms with van der Waals surface area (Å²) in [4.78, 5) is 26.0. The molecule has 1 fully saturated rings. The Labute approximate surface area is 167 Å². The van der Waals surface area contributed by atoms with E-state index in [1.807, 2.05) is 0 Å². The minimum absolute atomic E-state index is 0.0420. The molecule has 2 aromatic heterocycles. The van der Waals surface area contributed by atoms with E-state index >= 15 is 0 Å². The molecular formula is C19H15F4N5O2. The van der Waals surface area contributed by atoms with Gasteiger partial charge in [0.2, 0.25) is 5.82 Å². The number of benzene rings is 1. The fraction of sp³-hybridized carbons (Fsp3) is 0.316. The monoisotopic (exact) mass is 421 g/mol. The van der Waals surface area contributed by atoms with Crippen molar-refractivity contribution < 1.29 is 26.9 Å². The maximum absolute atomic E-state index is 13.4. The Hall–Kier alpha value is -3.37. The highest BCUT2D eigenvalue weighted by Gasteiger charge is 2.38. The van der Waals surface area contributed by atoms with Crippen molar-refractivity contribution in [1.29, 1.82) is 0 Å². The van der Waals surface area contributed by atoms with Gasteiger partial charge in [-0.25, -0.2) is 9.37 Å². The second-order valence-corrected chi connectivity index (χ2v) is 6.85. The summed E-state index contributed by atoms with van der Waals surface area (Å²) >= 11 is 0. The Kier molecular flexibility index (Phi) is 5.18. The first-order valence-corrected chi connectivity index (χ1v) is 9.09. The first-order valence-electron chi connectivity index (χ1n) is 9.09. The fourth-order valence-electron chi connectivity index (χ4n) is 3.34. The second-order valence-electron chi connectivity index (χ2n) is 6.85. The largest absolute Gasteiger partial charge is 0.471 e. The number of likely N-dealkylation sites (tertiary alicyclic amines) is 1. The van der Waals surface area contributed by atoms with Crippen LogP contribution in [0.2, 0.25) is 0 Å². The smallest absolute Gasteiger partial charge is 0.338 e. The summed E-state index contributed by atoms with van der Waals surface area (Å²) in [5, 5.41) is 3.32. The van der Waals surface area contributed by atoms with Crippen molar-refractivity contribution in [3.8, 4) is 11.5 Å². The molecule has 0 radical (unpaired) electrons. The van der Waals surface area contributed by atoms with E-state index < -0.39 is 17.9 Å². The molecular weight excluding hydrogens is 406 g/mol. The van der Waals surface area contributed by atoms with Crippen molar-refractivity contribution in [2.75, 3.05) is 13.1 Å². The molecule has 1 aliphatic heterocycles. The van der Waals surface area contributed by atoms with Gasteiger partial charge in [0.25, 0.3) is 5.91 Å². The Morgan fingerprint density at radius 3 is 2.77 bits per heavy atom. The third-order valence-corrected chi connectivity index (χ3v) is 4.75. The minimum atomic E-state index is -4.75. The van der Waals surface area contributed by atoms with Crippen LogP contribution < -0.4 is 0 Å². The molecule has 30 heavy (non-hydrogen) atoms. The molecule has 0 spiro atoms. The highest BCUT2D eigenvalue weighted by molar-refractivity contribution is 5.94. The van der Waals surface area contributed by atoms with Crippen LogP contribution in [0.5, 0.6) is 0 Å². The minimum Gasteiger partial charge on any atom is -0.338 e. The molecule has 0 aliphatic carbocycles. The van der Waals surface area contributed by atoms with Crippen LogP contribution >= 0.6 is 0 Å². The molecule has 7 nitrogen and oxygen atoms in total. The maximum atomic E-state index is 13.4. The number of rotatable bonds is 3. The molecule has 156 valence electrons. The number of nitrogens with zero attached hydrogens (tertiary/aromatic N) is 5. The molecule has 1 aromatic carbocycles. The standard InChI is InChI=1S/C19H15F4N5O2/c20-13-5-1-3-11(7-13)17(29)28-6-2-4-12(10-28)14-8-24-9-15(25-14)16-26-18(30-27-16)19(21,22)23/h1,3,5,7-9,12H,2,4,6,10H2/t12-/m0/s1. The Morgan fingerprint density at radius 2 is 2.03 bits per heavy atom. The molecule has 0 bridgehead atoms. The SMILES string of the molecule is O=C(c1cccc(F)c1)N1CCC[C@H](c2cncc(-c3noc(C(F)(F)F)n3)n2)C1. The maximum Gasteiger partial charge on any atom is 0.471 e. The van der Waals surface area contributed by atoms with Crippen molar-refractivity contribution in [2.24, 2.45) is 0 Å². The van der Waals surface area contributed by atoms with Gasteiger partial charge in [0.1, 0.15) is 11.5 Å². The zero-order valence-electron chi connectivity index (χ0n) is 15.4. The van der Waals surface area contributed by atoms with Gasteiger partial charge in [0.15, 0.2) is 0 Å². The van der Waals surface area contributed by atoms with Crippen LogP contribution in [-0.2, 0) is 6.18 Å². The van der Waals surface area contributed by atoms with Crippen LogP contribution in [0.3, 0.4) is 0 Å². The Balaban J connectivity index is 1.53. The summed E-state index contributed by atoms with van der Waals surface area (Å²) in [6, 6.07) is 5.46. The average Bonchev–Trinajstić information content (AvgIpc) is 3.24. The van der Waals surface area contributed by atoms with Gasteiger partial charge in [-0.1, -0.05) is 11.2 Å². The molecule has 1 atom stereocenters. The van der Waals surface area contributed by atoms with E-state index in [0.717, 1.165) is 0 Å². The van der Waals surface area contributed by atoms with Gasteiger partial charge in [0, 0.05) is 30.8 Å². The van der Waals surface area contributed by atoms with Gasteiger partial charge in [-0.05, 0) is 31.0 Å². The summed E-state index contributed by atoms with van der Waals surface area (Å²) in [6.45, 7) is 0.840. The van der Waals surface area contributed by atoms with Crippen LogP contribution in [0, 0.1) is 5.82 Å². The number of piperidine rings is 1. The van der Waals surface area contributed by atoms with Crippen molar-refractivity contribution in [3.63, 3.8) is 0 Å². The lowest BCUT2D eigenvalue weighted by Crippen LogP contribution is -2.39. The zero-order valence-corrected chi connectivity index (χ0v) is 15.4. The lowest BCUT2D eigenvalue weighted by molar-refractivity contribution is -0.159. The molecule has 3 heterocycles. The zero-order chi connectivity index (χ0) is 21.3. The summed E-state index contributed by atoms with van der Waals surface area (Å²) in [6.07, 6.45) is -0.608. The number of carbonyl (C=O) groups is 1. The van der Waals surface area contributed by atoms with E-state index in [2.05, 4.69) is 24.6 Å². The lowest BCUT2D eigenvalue weighted by Gasteiger charge is -2.32. The normalized spacial score (nSPS) is 17.2. The number of carbonyl (C=O) groups excluding carboxylic acids is 1. The van der Waals surface area contributed by atoms with Crippen molar-refractivity contribution in [2.45, 2.75) is 24.9 Å². The molecule has 0 saturated carbocycles. The van der Waals surface area contributed by atoms with Crippen LogP contribution in [-0.4, -0.2) is 44.0 Å². The molecule has 1 amide bonds. The lowest BCUT2D eigenvalue weighted by atomic mass is 9.94. The average molecular weight is 421 g/mol. The highest BCUT2D eigenvalue weighted by atomic mass is 19.4. The predicted octanol–water partition coefficient (Wildman–Crippen LogP) is 3.70. The molecule has 0 N–H and O–H groups in total. The molecule has 1 aliphatic rings. The van der Waals surface area contributed by atoms with Crippen molar-refractivity contribution in [3.05, 3.63) is 59.6 Å². The quantitative estimate of drug-likeness (QED) is 0.600. The first-order chi connectivity index (χ1) is 14.3. The number of halogens is 4. The number of aromatic nitrogens is 4. The molecule has 11 heteroatoms. The van der Waals surface area contributed by atoms with Crippen molar-refractivity contribution >= 4 is 5.91 Å². The number of hydrogen-bond acceptors (Lipinski definition) is 6. The summed E-state index contributed by atoms with van der Waals surface area (Å²) in [7, 11) is 0.